The average Bonchev–Trinajstić information content (AvgIpc) is 2.21. The van der Waals surface area contributed by atoms with Crippen molar-refractivity contribution in [3.8, 4) is 0 Å². The summed E-state index contributed by atoms with van der Waals surface area (Å²) in [5.41, 5.74) is 0. The van der Waals surface area contributed by atoms with Gasteiger partial charge in [-0.2, -0.15) is 0 Å². The summed E-state index contributed by atoms with van der Waals surface area (Å²) in [4.78, 5) is 14.6. The number of methoxy groups -OCH3 is 1. The Kier molecular flexibility index (Phi) is 9.59. The molecule has 0 saturated carbocycles. The molecule has 0 radical (unpaired) electrons. The van der Waals surface area contributed by atoms with E-state index in [1.165, 1.54) is 45.4 Å². The SMILES string of the molecule is CCCCCCCCN=CC(=O)OC. The standard InChI is InChI=1S/C11H21NO2/c1-3-4-5-6-7-8-9-12-10-11(13)14-2/h10H,3-9H2,1-2H3. The summed E-state index contributed by atoms with van der Waals surface area (Å²) >= 11 is 0. The van der Waals surface area contributed by atoms with Crippen molar-refractivity contribution < 1.29 is 9.53 Å². The van der Waals surface area contributed by atoms with Crippen LogP contribution >= 0.6 is 0 Å². The van der Waals surface area contributed by atoms with Gasteiger partial charge in [0.05, 0.1) is 7.11 Å². The Morgan fingerprint density at radius 2 is 1.86 bits per heavy atom. The fraction of sp³-hybridized carbons (Fsp3) is 0.818. The molecule has 14 heavy (non-hydrogen) atoms. The quantitative estimate of drug-likeness (QED) is 0.342. The fourth-order valence-electron chi connectivity index (χ4n) is 1.18. The summed E-state index contributed by atoms with van der Waals surface area (Å²) in [6.07, 6.45) is 8.73. The van der Waals surface area contributed by atoms with Gasteiger partial charge in [0.15, 0.2) is 0 Å². The molecule has 0 spiro atoms. The van der Waals surface area contributed by atoms with Crippen LogP contribution in [0.1, 0.15) is 45.4 Å². The van der Waals surface area contributed by atoms with E-state index < -0.39 is 0 Å². The number of hydrogen-bond acceptors (Lipinski definition) is 3. The Bertz CT molecular complexity index is 167. The van der Waals surface area contributed by atoms with E-state index in [2.05, 4.69) is 16.7 Å². The second-order valence-corrected chi connectivity index (χ2v) is 3.33. The molecule has 0 aromatic carbocycles. The lowest BCUT2D eigenvalue weighted by molar-refractivity contribution is -0.132. The van der Waals surface area contributed by atoms with Crippen LogP contribution in [-0.4, -0.2) is 25.8 Å². The summed E-state index contributed by atoms with van der Waals surface area (Å²) in [5, 5.41) is 0. The minimum atomic E-state index is -0.365. The topological polar surface area (TPSA) is 38.7 Å². The van der Waals surface area contributed by atoms with Crippen LogP contribution in [0.3, 0.4) is 0 Å². The van der Waals surface area contributed by atoms with Gasteiger partial charge in [0.25, 0.3) is 0 Å². The number of esters is 1. The van der Waals surface area contributed by atoms with E-state index in [4.69, 9.17) is 0 Å². The zero-order valence-corrected chi connectivity index (χ0v) is 9.29. The molecule has 82 valence electrons. The molecule has 0 bridgehead atoms. The normalized spacial score (nSPS) is 10.7. The lowest BCUT2D eigenvalue weighted by atomic mass is 10.1. The summed E-state index contributed by atoms with van der Waals surface area (Å²) in [5.74, 6) is -0.365. The van der Waals surface area contributed by atoms with Crippen molar-refractivity contribution in [1.29, 1.82) is 0 Å². The molecule has 0 heterocycles. The van der Waals surface area contributed by atoms with Crippen molar-refractivity contribution in [2.45, 2.75) is 45.4 Å². The molecule has 0 fully saturated rings. The van der Waals surface area contributed by atoms with E-state index in [1.54, 1.807) is 0 Å². The highest BCUT2D eigenvalue weighted by molar-refractivity contribution is 6.23. The van der Waals surface area contributed by atoms with Crippen LogP contribution < -0.4 is 0 Å². The Morgan fingerprint density at radius 3 is 2.50 bits per heavy atom. The highest BCUT2D eigenvalue weighted by atomic mass is 16.5. The number of hydrogen-bond donors (Lipinski definition) is 0. The first kappa shape index (κ1) is 13.1. The fourth-order valence-corrected chi connectivity index (χ4v) is 1.18. The van der Waals surface area contributed by atoms with Crippen LogP contribution in [0, 0.1) is 0 Å². The smallest absolute Gasteiger partial charge is 0.348 e. The van der Waals surface area contributed by atoms with E-state index in [1.807, 2.05) is 0 Å². The van der Waals surface area contributed by atoms with E-state index in [0.717, 1.165) is 13.0 Å². The summed E-state index contributed by atoms with van der Waals surface area (Å²) in [6, 6.07) is 0. The van der Waals surface area contributed by atoms with Gasteiger partial charge in [-0.15, -0.1) is 0 Å². The third kappa shape index (κ3) is 9.23. The number of carbonyl (C=O) groups excluding carboxylic acids is 1. The van der Waals surface area contributed by atoms with Gasteiger partial charge in [0, 0.05) is 6.54 Å². The molecule has 3 heteroatoms. The Balaban J connectivity index is 3.13. The van der Waals surface area contributed by atoms with Crippen LogP contribution in [-0.2, 0) is 9.53 Å². The minimum Gasteiger partial charge on any atom is -0.465 e. The van der Waals surface area contributed by atoms with Crippen molar-refractivity contribution in [3.05, 3.63) is 0 Å². The molecule has 0 atom stereocenters. The number of nitrogens with zero attached hydrogens (tertiary/aromatic N) is 1. The van der Waals surface area contributed by atoms with Crippen LogP contribution in [0.15, 0.2) is 4.99 Å². The number of unbranched alkanes of at least 4 members (excludes halogenated alkanes) is 5. The monoisotopic (exact) mass is 199 g/mol. The van der Waals surface area contributed by atoms with Crippen molar-refractivity contribution in [2.24, 2.45) is 4.99 Å². The van der Waals surface area contributed by atoms with Crippen molar-refractivity contribution in [2.75, 3.05) is 13.7 Å². The summed E-state index contributed by atoms with van der Waals surface area (Å²) in [7, 11) is 1.36. The maximum atomic E-state index is 10.6. The van der Waals surface area contributed by atoms with Crippen molar-refractivity contribution >= 4 is 12.2 Å². The summed E-state index contributed by atoms with van der Waals surface area (Å²) in [6.45, 7) is 2.95. The minimum absolute atomic E-state index is 0.365. The van der Waals surface area contributed by atoms with Gasteiger partial charge in [-0.3, -0.25) is 4.99 Å². The van der Waals surface area contributed by atoms with Gasteiger partial charge < -0.3 is 4.74 Å². The molecular formula is C11H21NO2. The first-order valence-corrected chi connectivity index (χ1v) is 5.39. The van der Waals surface area contributed by atoms with Crippen LogP contribution in [0.2, 0.25) is 0 Å². The molecule has 0 unspecified atom stereocenters. The molecular weight excluding hydrogens is 178 g/mol. The van der Waals surface area contributed by atoms with Crippen LogP contribution in [0.5, 0.6) is 0 Å². The number of carbonyl (C=O) groups is 1. The van der Waals surface area contributed by atoms with Gasteiger partial charge in [-0.1, -0.05) is 39.0 Å². The Morgan fingerprint density at radius 1 is 1.21 bits per heavy atom. The molecule has 0 aliphatic rings. The Hall–Kier alpha value is -0.860. The Labute approximate surface area is 86.6 Å². The van der Waals surface area contributed by atoms with Crippen LogP contribution in [0.4, 0.5) is 0 Å². The van der Waals surface area contributed by atoms with E-state index in [-0.39, 0.29) is 5.97 Å². The predicted molar refractivity (Wildman–Crippen MR) is 58.8 cm³/mol. The average molecular weight is 199 g/mol. The van der Waals surface area contributed by atoms with E-state index in [9.17, 15) is 4.79 Å². The van der Waals surface area contributed by atoms with E-state index in [0.29, 0.717) is 0 Å². The maximum Gasteiger partial charge on any atom is 0.348 e. The number of ether oxygens (including phenoxy) is 1. The van der Waals surface area contributed by atoms with Gasteiger partial charge in [0.1, 0.15) is 6.21 Å². The lowest BCUT2D eigenvalue weighted by Gasteiger charge is -1.97. The van der Waals surface area contributed by atoms with Crippen molar-refractivity contribution in [3.63, 3.8) is 0 Å². The third-order valence-corrected chi connectivity index (χ3v) is 2.04. The first-order valence-electron chi connectivity index (χ1n) is 5.39. The van der Waals surface area contributed by atoms with Crippen molar-refractivity contribution in [1.82, 2.24) is 0 Å². The molecule has 0 rings (SSSR count). The molecule has 0 N–H and O–H groups in total. The lowest BCUT2D eigenvalue weighted by Crippen LogP contribution is -2.01. The van der Waals surface area contributed by atoms with Gasteiger partial charge in [-0.05, 0) is 6.42 Å². The third-order valence-electron chi connectivity index (χ3n) is 2.04. The molecule has 0 aliphatic carbocycles. The predicted octanol–water partition coefficient (Wildman–Crippen LogP) is 2.59. The zero-order chi connectivity index (χ0) is 10.6. The van der Waals surface area contributed by atoms with Gasteiger partial charge in [0.2, 0.25) is 0 Å². The summed E-state index contributed by atoms with van der Waals surface area (Å²) < 4.78 is 4.42. The first-order chi connectivity index (χ1) is 6.81. The second-order valence-electron chi connectivity index (χ2n) is 3.33. The second kappa shape index (κ2) is 10.2. The number of rotatable bonds is 8. The molecule has 0 aliphatic heterocycles. The number of aliphatic imine (C=N–C) groups is 1. The highest BCUT2D eigenvalue weighted by Crippen LogP contribution is 2.04. The molecule has 0 amide bonds. The highest BCUT2D eigenvalue weighted by Gasteiger charge is 1.91. The zero-order valence-electron chi connectivity index (χ0n) is 9.29. The van der Waals surface area contributed by atoms with Crippen LogP contribution in [0.25, 0.3) is 0 Å². The van der Waals surface area contributed by atoms with Gasteiger partial charge in [-0.25, -0.2) is 4.79 Å². The maximum absolute atomic E-state index is 10.6. The molecule has 0 aromatic rings. The van der Waals surface area contributed by atoms with E-state index >= 15 is 0 Å². The molecule has 0 saturated heterocycles. The van der Waals surface area contributed by atoms with Gasteiger partial charge >= 0.3 is 5.97 Å². The largest absolute Gasteiger partial charge is 0.465 e. The molecule has 3 nitrogen and oxygen atoms in total. The molecule has 0 aromatic heterocycles.